The van der Waals surface area contributed by atoms with Gasteiger partial charge in [0.05, 0.1) is 13.2 Å². The summed E-state index contributed by atoms with van der Waals surface area (Å²) in [5.41, 5.74) is 1.04. The molecule has 4 heteroatoms. The van der Waals surface area contributed by atoms with Crippen molar-refractivity contribution in [2.75, 3.05) is 19.7 Å². The normalized spacial score (nSPS) is 10.1. The minimum absolute atomic E-state index is 0.217. The number of benzene rings is 1. The second kappa shape index (κ2) is 6.95. The summed E-state index contributed by atoms with van der Waals surface area (Å²) in [5, 5.41) is 2.96. The second-order valence-corrected chi connectivity index (χ2v) is 3.36. The van der Waals surface area contributed by atoms with Crippen LogP contribution in [-0.4, -0.2) is 25.7 Å². The Hall–Kier alpha value is -1.42. The van der Waals surface area contributed by atoms with E-state index in [1.165, 1.54) is 12.1 Å². The number of nitrogens with one attached hydrogen (secondary N) is 1. The van der Waals surface area contributed by atoms with E-state index < -0.39 is 0 Å². The molecule has 0 saturated heterocycles. The molecule has 0 bridgehead atoms. The van der Waals surface area contributed by atoms with E-state index >= 15 is 0 Å². The van der Waals surface area contributed by atoms with Crippen molar-refractivity contribution in [3.63, 3.8) is 0 Å². The maximum absolute atomic E-state index is 12.6. The van der Waals surface area contributed by atoms with Gasteiger partial charge in [-0.15, -0.1) is 0 Å². The minimum Gasteiger partial charge on any atom is -0.465 e. The highest BCUT2D eigenvalue weighted by Gasteiger charge is 2.00. The van der Waals surface area contributed by atoms with Crippen LogP contribution < -0.4 is 5.32 Å². The van der Waals surface area contributed by atoms with Crippen LogP contribution in [0.5, 0.6) is 0 Å². The minimum atomic E-state index is -0.249. The fourth-order valence-electron chi connectivity index (χ4n) is 1.29. The lowest BCUT2D eigenvalue weighted by Gasteiger charge is -2.04. The monoisotopic (exact) mass is 225 g/mol. The topological polar surface area (TPSA) is 38.3 Å². The molecule has 0 radical (unpaired) electrons. The van der Waals surface area contributed by atoms with Crippen LogP contribution >= 0.6 is 0 Å². The van der Waals surface area contributed by atoms with Gasteiger partial charge in [-0.3, -0.25) is 4.79 Å². The van der Waals surface area contributed by atoms with Gasteiger partial charge in [0.15, 0.2) is 0 Å². The number of rotatable bonds is 6. The second-order valence-electron chi connectivity index (χ2n) is 3.36. The maximum atomic E-state index is 12.6. The molecule has 0 unspecified atom stereocenters. The number of hydrogen-bond donors (Lipinski definition) is 1. The lowest BCUT2D eigenvalue weighted by atomic mass is 10.1. The molecule has 16 heavy (non-hydrogen) atoms. The molecule has 1 N–H and O–H groups in total. The molecule has 1 aromatic rings. The molecular formula is C12H16FNO2. The highest BCUT2D eigenvalue weighted by Crippen LogP contribution is 2.02. The van der Waals surface area contributed by atoms with Crippen LogP contribution in [0.1, 0.15) is 12.5 Å². The standard InChI is InChI=1S/C12H16FNO2/c1-2-16-12(15)9-14-8-7-10-3-5-11(13)6-4-10/h3-6,14H,2,7-9H2,1H3. The number of carbonyl (C=O) groups is 1. The molecule has 0 atom stereocenters. The van der Waals surface area contributed by atoms with E-state index in [9.17, 15) is 9.18 Å². The fourth-order valence-corrected chi connectivity index (χ4v) is 1.29. The lowest BCUT2D eigenvalue weighted by molar-refractivity contribution is -0.141. The van der Waals surface area contributed by atoms with Crippen molar-refractivity contribution in [1.29, 1.82) is 0 Å². The molecule has 0 aliphatic carbocycles. The van der Waals surface area contributed by atoms with Crippen molar-refractivity contribution < 1.29 is 13.9 Å². The van der Waals surface area contributed by atoms with E-state index in [1.54, 1.807) is 19.1 Å². The highest BCUT2D eigenvalue weighted by atomic mass is 19.1. The van der Waals surface area contributed by atoms with Crippen molar-refractivity contribution in [3.8, 4) is 0 Å². The van der Waals surface area contributed by atoms with Gasteiger partial charge in [-0.1, -0.05) is 12.1 Å². The molecule has 0 amide bonds. The van der Waals surface area contributed by atoms with Crippen molar-refractivity contribution in [2.45, 2.75) is 13.3 Å². The zero-order valence-corrected chi connectivity index (χ0v) is 9.33. The predicted octanol–water partition coefficient (Wildman–Crippen LogP) is 1.52. The lowest BCUT2D eigenvalue weighted by Crippen LogP contribution is -2.26. The maximum Gasteiger partial charge on any atom is 0.319 e. The molecular weight excluding hydrogens is 209 g/mol. The smallest absolute Gasteiger partial charge is 0.319 e. The van der Waals surface area contributed by atoms with Crippen molar-refractivity contribution in [3.05, 3.63) is 35.6 Å². The molecule has 0 heterocycles. The molecule has 1 aromatic carbocycles. The third kappa shape index (κ3) is 4.89. The van der Waals surface area contributed by atoms with Gasteiger partial charge in [-0.25, -0.2) is 4.39 Å². The first-order valence-corrected chi connectivity index (χ1v) is 5.33. The molecule has 0 aliphatic heterocycles. The van der Waals surface area contributed by atoms with Gasteiger partial charge in [-0.05, 0) is 37.6 Å². The zero-order valence-electron chi connectivity index (χ0n) is 9.33. The molecule has 88 valence electrons. The zero-order chi connectivity index (χ0) is 11.8. The first-order chi connectivity index (χ1) is 7.72. The molecule has 0 aliphatic rings. The third-order valence-corrected chi connectivity index (χ3v) is 2.08. The summed E-state index contributed by atoms with van der Waals surface area (Å²) in [6, 6.07) is 6.34. The highest BCUT2D eigenvalue weighted by molar-refractivity contribution is 5.71. The van der Waals surface area contributed by atoms with E-state index in [-0.39, 0.29) is 18.3 Å². The van der Waals surface area contributed by atoms with Gasteiger partial charge in [-0.2, -0.15) is 0 Å². The quantitative estimate of drug-likeness (QED) is 0.589. The van der Waals surface area contributed by atoms with E-state index in [0.717, 1.165) is 12.0 Å². The van der Waals surface area contributed by atoms with Crippen LogP contribution in [0.25, 0.3) is 0 Å². The summed E-state index contributed by atoms with van der Waals surface area (Å²) in [4.78, 5) is 11.0. The number of hydrogen-bond acceptors (Lipinski definition) is 3. The predicted molar refractivity (Wildman–Crippen MR) is 59.6 cm³/mol. The van der Waals surface area contributed by atoms with Gasteiger partial charge in [0.2, 0.25) is 0 Å². The summed E-state index contributed by atoms with van der Waals surface area (Å²) >= 11 is 0. The Morgan fingerprint density at radius 2 is 2.06 bits per heavy atom. The van der Waals surface area contributed by atoms with E-state index in [2.05, 4.69) is 5.32 Å². The Morgan fingerprint density at radius 1 is 1.38 bits per heavy atom. The van der Waals surface area contributed by atoms with Crippen LogP contribution in [0.15, 0.2) is 24.3 Å². The van der Waals surface area contributed by atoms with Crippen LogP contribution in [0.3, 0.4) is 0 Å². The van der Waals surface area contributed by atoms with Crippen molar-refractivity contribution >= 4 is 5.97 Å². The van der Waals surface area contributed by atoms with Crippen molar-refractivity contribution in [1.82, 2.24) is 5.32 Å². The van der Waals surface area contributed by atoms with E-state index in [0.29, 0.717) is 13.2 Å². The van der Waals surface area contributed by atoms with Crippen LogP contribution in [0, 0.1) is 5.82 Å². The molecule has 0 aromatic heterocycles. The summed E-state index contributed by atoms with van der Waals surface area (Å²) in [6.45, 7) is 3.06. The molecule has 0 spiro atoms. The Labute approximate surface area is 94.6 Å². The van der Waals surface area contributed by atoms with Gasteiger partial charge in [0.25, 0.3) is 0 Å². The summed E-state index contributed by atoms with van der Waals surface area (Å²) in [5.74, 6) is -0.482. The number of carbonyl (C=O) groups excluding carboxylic acids is 1. The average Bonchev–Trinajstić information content (AvgIpc) is 2.27. The van der Waals surface area contributed by atoms with Crippen LogP contribution in [0.2, 0.25) is 0 Å². The summed E-state index contributed by atoms with van der Waals surface area (Å²) in [7, 11) is 0. The Morgan fingerprint density at radius 3 is 2.69 bits per heavy atom. The summed E-state index contributed by atoms with van der Waals surface area (Å²) < 4.78 is 17.3. The van der Waals surface area contributed by atoms with Crippen molar-refractivity contribution in [2.24, 2.45) is 0 Å². The van der Waals surface area contributed by atoms with Crippen LogP contribution in [-0.2, 0) is 16.0 Å². The average molecular weight is 225 g/mol. The number of halogens is 1. The van der Waals surface area contributed by atoms with Gasteiger partial charge >= 0.3 is 5.97 Å². The molecule has 0 saturated carbocycles. The van der Waals surface area contributed by atoms with E-state index in [4.69, 9.17) is 4.74 Å². The van der Waals surface area contributed by atoms with Gasteiger partial charge in [0, 0.05) is 0 Å². The molecule has 0 fully saturated rings. The summed E-state index contributed by atoms with van der Waals surface area (Å²) in [6.07, 6.45) is 0.764. The number of esters is 1. The van der Waals surface area contributed by atoms with E-state index in [1.807, 2.05) is 0 Å². The largest absolute Gasteiger partial charge is 0.465 e. The van der Waals surface area contributed by atoms with Gasteiger partial charge < -0.3 is 10.1 Å². The first-order valence-electron chi connectivity index (χ1n) is 5.33. The number of ether oxygens (including phenoxy) is 1. The Balaban J connectivity index is 2.16. The van der Waals surface area contributed by atoms with Crippen LogP contribution in [0.4, 0.5) is 4.39 Å². The Bertz CT molecular complexity index is 324. The Kier molecular flexibility index (Phi) is 5.50. The fraction of sp³-hybridized carbons (Fsp3) is 0.417. The first kappa shape index (κ1) is 12.6. The molecule has 3 nitrogen and oxygen atoms in total. The molecule has 1 rings (SSSR count). The SMILES string of the molecule is CCOC(=O)CNCCc1ccc(F)cc1. The van der Waals surface area contributed by atoms with Gasteiger partial charge in [0.1, 0.15) is 5.82 Å². The third-order valence-electron chi connectivity index (χ3n) is 2.08.